The van der Waals surface area contributed by atoms with Crippen LogP contribution in [0.15, 0.2) is 122 Å². The summed E-state index contributed by atoms with van der Waals surface area (Å²) in [6.45, 7) is 0. The smallest absolute Gasteiger partial charge is 0.657 e. The van der Waals surface area contributed by atoms with Gasteiger partial charge in [0.25, 0.3) is 12.4 Å². The Morgan fingerprint density at radius 3 is 1.33 bits per heavy atom. The molecule has 3 nitrogen and oxygen atoms in total. The van der Waals surface area contributed by atoms with Crippen LogP contribution in [0.2, 0.25) is 0 Å². The fourth-order valence-electron chi connectivity index (χ4n) is 3.55. The van der Waals surface area contributed by atoms with Crippen LogP contribution in [0, 0.1) is 0 Å². The number of hydrogen-bond donors (Lipinski definition) is 0. The molecule has 0 amide bonds. The van der Waals surface area contributed by atoms with Gasteiger partial charge in [0.15, 0.2) is 0 Å². The Labute approximate surface area is 209 Å². The van der Waals surface area contributed by atoms with Gasteiger partial charge in [-0.05, 0) is 11.1 Å². The third-order valence-electron chi connectivity index (χ3n) is 5.21. The molecule has 0 fully saturated rings. The molecular formula is C29H22AuN3+2. The molecule has 33 heavy (non-hydrogen) atoms. The van der Waals surface area contributed by atoms with Gasteiger partial charge in [0.2, 0.25) is 11.4 Å². The third-order valence-corrected chi connectivity index (χ3v) is 5.21. The van der Waals surface area contributed by atoms with E-state index in [1.807, 2.05) is 94.3 Å². The second-order valence-corrected chi connectivity index (χ2v) is 7.37. The number of hydrogen-bond acceptors (Lipinski definition) is 0. The quantitative estimate of drug-likeness (QED) is 0.144. The zero-order chi connectivity index (χ0) is 21.6. The van der Waals surface area contributed by atoms with Crippen molar-refractivity contribution in [3.05, 3.63) is 138 Å². The molecule has 2 aliphatic heterocycles. The van der Waals surface area contributed by atoms with Crippen LogP contribution in [0.5, 0.6) is 0 Å². The predicted octanol–water partition coefficient (Wildman–Crippen LogP) is 7.84. The first-order valence-corrected chi connectivity index (χ1v) is 10.6. The summed E-state index contributed by atoms with van der Waals surface area (Å²) in [5.41, 5.74) is 6.66. The Kier molecular flexibility index (Phi) is 7.31. The van der Waals surface area contributed by atoms with Crippen LogP contribution in [-0.4, -0.2) is 15.2 Å². The van der Waals surface area contributed by atoms with E-state index in [0.717, 1.165) is 22.7 Å². The average molecular weight is 609 g/mol. The van der Waals surface area contributed by atoms with Gasteiger partial charge in [-0.25, -0.2) is 0 Å². The molecule has 4 heteroatoms. The van der Waals surface area contributed by atoms with Crippen LogP contribution in [0.3, 0.4) is 0 Å². The fourth-order valence-corrected chi connectivity index (χ4v) is 3.55. The Hall–Kier alpha value is -3.72. The van der Waals surface area contributed by atoms with Crippen molar-refractivity contribution in [2.45, 2.75) is 0 Å². The first-order valence-electron chi connectivity index (χ1n) is 10.6. The zero-order valence-corrected chi connectivity index (χ0v) is 20.0. The Bertz CT molecular complexity index is 1270. The maximum Gasteiger partial charge on any atom is 1.00 e. The van der Waals surface area contributed by atoms with E-state index in [2.05, 4.69) is 59.9 Å². The van der Waals surface area contributed by atoms with Crippen LogP contribution < -0.4 is 0 Å². The van der Waals surface area contributed by atoms with E-state index in [1.165, 1.54) is 11.1 Å². The van der Waals surface area contributed by atoms with E-state index in [-0.39, 0.29) is 22.4 Å². The topological polar surface area (TPSA) is 20.1 Å². The normalized spacial score (nSPS) is 12.5. The molecule has 4 aromatic carbocycles. The molecule has 162 valence electrons. The summed E-state index contributed by atoms with van der Waals surface area (Å²) in [6, 6.07) is 40.0. The van der Waals surface area contributed by atoms with Crippen molar-refractivity contribution in [1.82, 2.24) is 0 Å². The molecule has 0 radical (unpaired) electrons. The van der Waals surface area contributed by atoms with Gasteiger partial charge in [0.05, 0.1) is 0 Å². The van der Waals surface area contributed by atoms with Gasteiger partial charge in [-0.2, -0.15) is 0 Å². The monoisotopic (exact) mass is 609 g/mol. The van der Waals surface area contributed by atoms with Crippen molar-refractivity contribution in [2.75, 3.05) is 0 Å². The third kappa shape index (κ3) is 5.38. The minimum absolute atomic E-state index is 0. The predicted molar refractivity (Wildman–Crippen MR) is 131 cm³/mol. The molecule has 0 atom stereocenters. The Morgan fingerprint density at radius 2 is 0.879 bits per heavy atom. The molecule has 4 aromatic rings. The second kappa shape index (κ2) is 10.7. The van der Waals surface area contributed by atoms with Crippen LogP contribution in [0.25, 0.3) is 17.5 Å². The molecule has 0 spiro atoms. The van der Waals surface area contributed by atoms with Gasteiger partial charge < -0.3 is 5.32 Å². The van der Waals surface area contributed by atoms with Gasteiger partial charge in [-0.1, -0.05) is 106 Å². The van der Waals surface area contributed by atoms with Crippen LogP contribution >= 0.6 is 0 Å². The largest absolute Gasteiger partial charge is 1.00 e. The van der Waals surface area contributed by atoms with Crippen LogP contribution in [0.1, 0.15) is 11.1 Å². The van der Waals surface area contributed by atoms with E-state index in [9.17, 15) is 0 Å². The maximum atomic E-state index is 4.64. The number of fused-ring (bicyclic) bond motifs is 2. The van der Waals surface area contributed by atoms with E-state index in [0.29, 0.717) is 0 Å². The number of para-hydroxylation sites is 4. The molecule has 0 aliphatic carbocycles. The molecule has 0 bridgehead atoms. The van der Waals surface area contributed by atoms with Gasteiger partial charge in [-0.15, -0.1) is 11.4 Å². The molecule has 0 aromatic heterocycles. The van der Waals surface area contributed by atoms with Crippen molar-refractivity contribution < 1.29 is 31.5 Å². The minimum Gasteiger partial charge on any atom is -0.657 e. The molecule has 0 saturated heterocycles. The molecule has 0 unspecified atom stereocenters. The van der Waals surface area contributed by atoms with Crippen molar-refractivity contribution in [3.63, 3.8) is 0 Å². The van der Waals surface area contributed by atoms with Crippen LogP contribution in [0.4, 0.5) is 22.7 Å². The van der Waals surface area contributed by atoms with Gasteiger partial charge in [0, 0.05) is 24.3 Å². The summed E-state index contributed by atoms with van der Waals surface area (Å²) in [5.74, 6) is 0. The van der Waals surface area contributed by atoms with Crippen molar-refractivity contribution in [3.8, 4) is 0 Å². The molecule has 6 rings (SSSR count). The van der Waals surface area contributed by atoms with Gasteiger partial charge >= 0.3 is 28.4 Å². The Balaban J connectivity index is 0.000000153. The minimum atomic E-state index is 0. The summed E-state index contributed by atoms with van der Waals surface area (Å²) in [5, 5.41) is 4.64. The Morgan fingerprint density at radius 1 is 0.485 bits per heavy atom. The van der Waals surface area contributed by atoms with Crippen molar-refractivity contribution >= 4 is 40.9 Å². The van der Waals surface area contributed by atoms with E-state index < -0.39 is 0 Å². The number of rotatable bonds is 2. The standard InChI is InChI=1S/C15H12N2.C14H10N.Au/c1-3-7-14(8-4-1)16-11-12-17(13-16)15-9-5-2-6-10-15;1-3-7-13-11(5-1)9-10-12-6-2-4-8-14(12)15-13;/h1-12H;1-10H;/q+2;-1;+1. The number of benzene rings is 4. The van der Waals surface area contributed by atoms with Crippen molar-refractivity contribution in [2.24, 2.45) is 0 Å². The SMILES string of the molecule is C1=Cc2ccccc2[N-]c2ccccc21.C1=[N+](c2ccccc2)C=C[N+]=1c1ccccc1.[Au+]. The van der Waals surface area contributed by atoms with Gasteiger partial charge in [0.1, 0.15) is 0 Å². The second-order valence-electron chi connectivity index (χ2n) is 7.37. The maximum absolute atomic E-state index is 4.64. The molecule has 2 aliphatic rings. The molecule has 0 saturated carbocycles. The summed E-state index contributed by atoms with van der Waals surface area (Å²) in [4.78, 5) is 0. The van der Waals surface area contributed by atoms with Crippen LogP contribution in [-0.2, 0) is 22.4 Å². The number of nitrogens with zero attached hydrogens (tertiary/aromatic N) is 3. The summed E-state index contributed by atoms with van der Waals surface area (Å²) in [7, 11) is 0. The summed E-state index contributed by atoms with van der Waals surface area (Å²) in [6.07, 6.45) is 8.24. The average Bonchev–Trinajstić information content (AvgIpc) is 3.28. The van der Waals surface area contributed by atoms with E-state index in [1.54, 1.807) is 0 Å². The van der Waals surface area contributed by atoms with E-state index >= 15 is 0 Å². The first kappa shape index (κ1) is 22.5. The summed E-state index contributed by atoms with van der Waals surface area (Å²) < 4.78 is 3.96. The summed E-state index contributed by atoms with van der Waals surface area (Å²) >= 11 is 0. The first-order chi connectivity index (χ1) is 15.9. The molecule has 0 N–H and O–H groups in total. The van der Waals surface area contributed by atoms with Crippen molar-refractivity contribution in [1.29, 1.82) is 0 Å². The van der Waals surface area contributed by atoms with Gasteiger partial charge in [-0.3, -0.25) is 0 Å². The molecular weight excluding hydrogens is 587 g/mol. The van der Waals surface area contributed by atoms with E-state index in [4.69, 9.17) is 0 Å². The molecule has 2 heterocycles. The zero-order valence-electron chi connectivity index (χ0n) is 17.8. The fraction of sp³-hybridized carbons (Fsp3) is 0.